The lowest BCUT2D eigenvalue weighted by Crippen LogP contribution is -2.35. The van der Waals surface area contributed by atoms with Gasteiger partial charge in [-0.1, -0.05) is 15.9 Å². The van der Waals surface area contributed by atoms with Gasteiger partial charge in [0.2, 0.25) is 10.0 Å². The molecule has 0 saturated carbocycles. The summed E-state index contributed by atoms with van der Waals surface area (Å²) in [6, 6.07) is 7.20. The third kappa shape index (κ3) is 2.45. The minimum absolute atomic E-state index is 0.372. The lowest BCUT2D eigenvalue weighted by Gasteiger charge is -2.26. The maximum Gasteiger partial charge on any atom is 0.243 e. The Balaban J connectivity index is 1.95. The molecule has 0 fully saturated rings. The van der Waals surface area contributed by atoms with Gasteiger partial charge in [-0.15, -0.1) is 11.3 Å². The molecule has 0 aliphatic carbocycles. The second-order valence-electron chi connectivity index (χ2n) is 4.87. The van der Waals surface area contributed by atoms with E-state index < -0.39 is 10.0 Å². The summed E-state index contributed by atoms with van der Waals surface area (Å²) < 4.78 is 27.9. The minimum Gasteiger partial charge on any atom is -0.207 e. The van der Waals surface area contributed by atoms with E-state index in [9.17, 15) is 8.42 Å². The Morgan fingerprint density at radius 3 is 2.85 bits per heavy atom. The summed E-state index contributed by atoms with van der Waals surface area (Å²) in [6.07, 6.45) is 0.807. The van der Waals surface area contributed by atoms with Crippen molar-refractivity contribution in [3.05, 3.63) is 50.1 Å². The lowest BCUT2D eigenvalue weighted by molar-refractivity contribution is 0.394. The highest BCUT2D eigenvalue weighted by Gasteiger charge is 2.28. The third-order valence-electron chi connectivity index (χ3n) is 3.54. The maximum atomic E-state index is 12.7. The van der Waals surface area contributed by atoms with Crippen molar-refractivity contribution < 1.29 is 8.42 Å². The van der Waals surface area contributed by atoms with Crippen LogP contribution in [0.15, 0.2) is 39.0 Å². The first-order chi connectivity index (χ1) is 9.48. The van der Waals surface area contributed by atoms with Crippen LogP contribution in [-0.4, -0.2) is 19.3 Å². The van der Waals surface area contributed by atoms with Crippen LogP contribution in [0.1, 0.15) is 16.0 Å². The van der Waals surface area contributed by atoms with Gasteiger partial charge in [0.05, 0.1) is 4.90 Å². The SMILES string of the molecule is Cc1cc(S(=O)(=O)N2CCc3sccc3C2)ccc1Br. The third-order valence-corrected chi connectivity index (χ3v) is 7.29. The Morgan fingerprint density at radius 1 is 1.30 bits per heavy atom. The molecule has 3 nitrogen and oxygen atoms in total. The van der Waals surface area contributed by atoms with Gasteiger partial charge in [-0.25, -0.2) is 8.42 Å². The van der Waals surface area contributed by atoms with Crippen molar-refractivity contribution in [2.24, 2.45) is 0 Å². The number of hydrogen-bond donors (Lipinski definition) is 0. The molecule has 0 radical (unpaired) electrons. The lowest BCUT2D eigenvalue weighted by atomic mass is 10.1. The van der Waals surface area contributed by atoms with Crippen LogP contribution in [0, 0.1) is 6.92 Å². The fraction of sp³-hybridized carbons (Fsp3) is 0.286. The molecule has 0 bridgehead atoms. The molecule has 6 heteroatoms. The molecule has 106 valence electrons. The molecule has 2 heterocycles. The topological polar surface area (TPSA) is 37.4 Å². The molecule has 20 heavy (non-hydrogen) atoms. The van der Waals surface area contributed by atoms with Crippen LogP contribution in [0.25, 0.3) is 0 Å². The minimum atomic E-state index is -3.40. The van der Waals surface area contributed by atoms with Gasteiger partial charge in [0, 0.05) is 22.4 Å². The van der Waals surface area contributed by atoms with Crippen LogP contribution in [0.3, 0.4) is 0 Å². The summed E-state index contributed by atoms with van der Waals surface area (Å²) in [5.41, 5.74) is 2.07. The number of nitrogens with zero attached hydrogens (tertiary/aromatic N) is 1. The quantitative estimate of drug-likeness (QED) is 0.808. The van der Waals surface area contributed by atoms with E-state index >= 15 is 0 Å². The maximum absolute atomic E-state index is 12.7. The first-order valence-electron chi connectivity index (χ1n) is 6.30. The zero-order valence-electron chi connectivity index (χ0n) is 11.0. The van der Waals surface area contributed by atoms with Crippen LogP contribution in [0.5, 0.6) is 0 Å². The molecule has 0 unspecified atom stereocenters. The smallest absolute Gasteiger partial charge is 0.207 e. The molecule has 0 atom stereocenters. The molecule has 1 aromatic carbocycles. The molecular weight excluding hydrogens is 358 g/mol. The first-order valence-corrected chi connectivity index (χ1v) is 9.41. The van der Waals surface area contributed by atoms with Crippen molar-refractivity contribution in [2.45, 2.75) is 24.8 Å². The summed E-state index contributed by atoms with van der Waals surface area (Å²) >= 11 is 5.11. The van der Waals surface area contributed by atoms with Crippen LogP contribution < -0.4 is 0 Å². The molecule has 1 aromatic heterocycles. The highest BCUT2D eigenvalue weighted by molar-refractivity contribution is 9.10. The van der Waals surface area contributed by atoms with Gasteiger partial charge in [0.25, 0.3) is 0 Å². The normalized spacial score (nSPS) is 16.1. The summed E-state index contributed by atoms with van der Waals surface area (Å²) in [7, 11) is -3.40. The molecule has 1 aliphatic heterocycles. The summed E-state index contributed by atoms with van der Waals surface area (Å²) in [6.45, 7) is 2.94. The Bertz CT molecular complexity index is 752. The van der Waals surface area contributed by atoms with E-state index in [-0.39, 0.29) is 0 Å². The summed E-state index contributed by atoms with van der Waals surface area (Å²) in [4.78, 5) is 1.68. The van der Waals surface area contributed by atoms with Crippen molar-refractivity contribution >= 4 is 37.3 Å². The van der Waals surface area contributed by atoms with Crippen LogP contribution in [0.2, 0.25) is 0 Å². The van der Waals surface area contributed by atoms with Crippen molar-refractivity contribution in [3.8, 4) is 0 Å². The number of aryl methyl sites for hydroxylation is 1. The van der Waals surface area contributed by atoms with E-state index in [1.807, 2.05) is 18.4 Å². The number of rotatable bonds is 2. The van der Waals surface area contributed by atoms with Crippen molar-refractivity contribution in [3.63, 3.8) is 0 Å². The second-order valence-corrected chi connectivity index (χ2v) is 8.66. The molecule has 0 amide bonds. The number of sulfonamides is 1. The molecule has 0 spiro atoms. The van der Waals surface area contributed by atoms with Crippen molar-refractivity contribution in [2.75, 3.05) is 6.54 Å². The zero-order valence-corrected chi connectivity index (χ0v) is 14.2. The van der Waals surface area contributed by atoms with Crippen LogP contribution in [0.4, 0.5) is 0 Å². The Hall–Kier alpha value is -0.690. The molecule has 3 rings (SSSR count). The predicted molar refractivity (Wildman–Crippen MR) is 84.5 cm³/mol. The summed E-state index contributed by atoms with van der Waals surface area (Å²) in [5, 5.41) is 2.03. The van der Waals surface area contributed by atoms with E-state index in [2.05, 4.69) is 15.9 Å². The molecule has 0 N–H and O–H groups in total. The summed E-state index contributed by atoms with van der Waals surface area (Å²) in [5.74, 6) is 0. The van der Waals surface area contributed by atoms with Crippen molar-refractivity contribution in [1.29, 1.82) is 0 Å². The predicted octanol–water partition coefficient (Wildman–Crippen LogP) is 3.57. The Morgan fingerprint density at radius 2 is 2.10 bits per heavy atom. The Kier molecular flexibility index (Phi) is 3.75. The van der Waals surface area contributed by atoms with Gasteiger partial charge in [0.1, 0.15) is 0 Å². The van der Waals surface area contributed by atoms with Gasteiger partial charge in [0.15, 0.2) is 0 Å². The van der Waals surface area contributed by atoms with Gasteiger partial charge in [-0.2, -0.15) is 4.31 Å². The average Bonchev–Trinajstić information content (AvgIpc) is 2.89. The monoisotopic (exact) mass is 371 g/mol. The van der Waals surface area contributed by atoms with Crippen LogP contribution >= 0.6 is 27.3 Å². The largest absolute Gasteiger partial charge is 0.243 e. The standard InChI is InChI=1S/C14H14BrNO2S2/c1-10-8-12(2-3-13(10)15)20(17,18)16-6-4-14-11(9-16)5-7-19-14/h2-3,5,7-8H,4,6,9H2,1H3. The molecule has 1 aliphatic rings. The molecule has 0 saturated heterocycles. The highest BCUT2D eigenvalue weighted by atomic mass is 79.9. The van der Waals surface area contributed by atoms with E-state index in [0.717, 1.165) is 22.0 Å². The fourth-order valence-electron chi connectivity index (χ4n) is 2.35. The number of benzene rings is 1. The first kappa shape index (κ1) is 14.3. The van der Waals surface area contributed by atoms with Crippen molar-refractivity contribution in [1.82, 2.24) is 4.31 Å². The number of halogens is 1. The van der Waals surface area contributed by atoms with Gasteiger partial charge < -0.3 is 0 Å². The Labute approximate surface area is 131 Å². The molecule has 2 aromatic rings. The number of thiophene rings is 1. The molecular formula is C14H14BrNO2S2. The van der Waals surface area contributed by atoms with E-state index in [0.29, 0.717) is 18.0 Å². The highest BCUT2D eigenvalue weighted by Crippen LogP contribution is 2.29. The zero-order chi connectivity index (χ0) is 14.3. The number of fused-ring (bicyclic) bond motifs is 1. The fourth-order valence-corrected chi connectivity index (χ4v) is 5.00. The van der Waals surface area contributed by atoms with Gasteiger partial charge >= 0.3 is 0 Å². The second kappa shape index (κ2) is 5.26. The van der Waals surface area contributed by atoms with Gasteiger partial charge in [-0.05, 0) is 54.1 Å². The van der Waals surface area contributed by atoms with Crippen LogP contribution in [-0.2, 0) is 23.0 Å². The average molecular weight is 372 g/mol. The number of hydrogen-bond acceptors (Lipinski definition) is 3. The van der Waals surface area contributed by atoms with E-state index in [4.69, 9.17) is 0 Å². The van der Waals surface area contributed by atoms with E-state index in [1.165, 1.54) is 4.88 Å². The van der Waals surface area contributed by atoms with Gasteiger partial charge in [-0.3, -0.25) is 0 Å². The van der Waals surface area contributed by atoms with E-state index in [1.54, 1.807) is 33.8 Å².